The maximum Gasteiger partial charge on any atom is 0.353 e. The first kappa shape index (κ1) is 28.3. The molecule has 37 heavy (non-hydrogen) atoms. The predicted molar refractivity (Wildman–Crippen MR) is 139 cm³/mol. The number of fused-ring (bicyclic) bond motifs is 1. The van der Waals surface area contributed by atoms with Crippen molar-refractivity contribution in [3.8, 4) is 0 Å². The molecule has 4 aliphatic rings. The number of aliphatic carboxylic acids is 1. The van der Waals surface area contributed by atoms with Crippen molar-refractivity contribution in [1.82, 2.24) is 35.2 Å². The Morgan fingerprint density at radius 1 is 1.27 bits per heavy atom. The van der Waals surface area contributed by atoms with E-state index in [0.29, 0.717) is 44.0 Å². The van der Waals surface area contributed by atoms with Crippen LogP contribution in [0, 0.1) is 11.8 Å². The molecule has 0 radical (unpaired) electrons. The third-order valence-electron chi connectivity index (χ3n) is 7.46. The van der Waals surface area contributed by atoms with E-state index < -0.39 is 28.1 Å². The van der Waals surface area contributed by atoms with Gasteiger partial charge < -0.3 is 31.3 Å². The second-order valence-corrected chi connectivity index (χ2v) is 13.1. The molecular formula is C22H37N7O6S2. The van der Waals surface area contributed by atoms with E-state index in [-0.39, 0.29) is 53.9 Å². The number of carbonyl (C=O) groups excluding carboxylic acids is 2. The summed E-state index contributed by atoms with van der Waals surface area (Å²) in [5, 5.41) is 22.1. The molecular weight excluding hydrogens is 522 g/mol. The summed E-state index contributed by atoms with van der Waals surface area (Å²) in [6.07, 6.45) is 0.663. The van der Waals surface area contributed by atoms with Gasteiger partial charge in [-0.2, -0.15) is 12.7 Å². The molecule has 0 aliphatic carbocycles. The van der Waals surface area contributed by atoms with Crippen LogP contribution in [0.2, 0.25) is 0 Å². The average molecular weight is 560 g/mol. The third-order valence-corrected chi connectivity index (χ3v) is 10.5. The Morgan fingerprint density at radius 3 is 2.62 bits per heavy atom. The van der Waals surface area contributed by atoms with E-state index in [9.17, 15) is 27.9 Å². The number of nitrogens with one attached hydrogen (secondary N) is 5. The summed E-state index contributed by atoms with van der Waals surface area (Å²) in [4.78, 5) is 39.2. The van der Waals surface area contributed by atoms with Crippen LogP contribution in [-0.4, -0.2) is 117 Å². The second kappa shape index (κ2) is 11.6. The second-order valence-electron chi connectivity index (χ2n) is 10.0. The van der Waals surface area contributed by atoms with E-state index in [2.05, 4.69) is 26.0 Å². The van der Waals surface area contributed by atoms with Gasteiger partial charge in [-0.3, -0.25) is 9.59 Å². The van der Waals surface area contributed by atoms with Gasteiger partial charge in [-0.1, -0.05) is 6.92 Å². The minimum absolute atomic E-state index is 0.0281. The van der Waals surface area contributed by atoms with Crippen LogP contribution in [0.5, 0.6) is 0 Å². The van der Waals surface area contributed by atoms with Crippen molar-refractivity contribution in [2.24, 2.45) is 11.8 Å². The maximum atomic E-state index is 13.0. The largest absolute Gasteiger partial charge is 0.477 e. The lowest BCUT2D eigenvalue weighted by Gasteiger charge is -2.47. The van der Waals surface area contributed by atoms with E-state index in [0.717, 1.165) is 0 Å². The highest BCUT2D eigenvalue weighted by molar-refractivity contribution is 8.03. The van der Waals surface area contributed by atoms with Gasteiger partial charge in [-0.15, -0.1) is 11.8 Å². The molecule has 6 N–H and O–H groups in total. The van der Waals surface area contributed by atoms with Crippen LogP contribution in [0.3, 0.4) is 0 Å². The molecule has 13 nitrogen and oxygen atoms in total. The van der Waals surface area contributed by atoms with E-state index >= 15 is 0 Å². The van der Waals surface area contributed by atoms with Crippen LogP contribution in [0.15, 0.2) is 10.6 Å². The fourth-order valence-corrected chi connectivity index (χ4v) is 8.42. The summed E-state index contributed by atoms with van der Waals surface area (Å²) in [5.74, 6) is -2.32. The normalized spacial score (nSPS) is 31.3. The van der Waals surface area contributed by atoms with Crippen molar-refractivity contribution in [2.45, 2.75) is 43.6 Å². The van der Waals surface area contributed by atoms with Crippen LogP contribution < -0.4 is 26.0 Å². The Morgan fingerprint density at radius 2 is 1.97 bits per heavy atom. The predicted octanol–water partition coefficient (Wildman–Crippen LogP) is -2.31. The molecule has 0 aromatic heterocycles. The summed E-state index contributed by atoms with van der Waals surface area (Å²) in [6, 6.07) is -0.811. The topological polar surface area (TPSA) is 172 Å². The molecule has 0 saturated carbocycles. The molecule has 0 aromatic carbocycles. The number of rotatable bonds is 11. The van der Waals surface area contributed by atoms with Crippen LogP contribution >= 0.6 is 11.8 Å². The van der Waals surface area contributed by atoms with Gasteiger partial charge in [-0.25, -0.2) is 9.52 Å². The molecule has 4 aliphatic heterocycles. The number of amides is 2. The maximum absolute atomic E-state index is 13.0. The van der Waals surface area contributed by atoms with Gasteiger partial charge in [0.25, 0.3) is 10.2 Å². The Hall–Kier alpha value is -1.75. The number of carboxylic acid groups (broad SMARTS) is 1. The number of β-lactam (4-membered cyclic amide) rings is 1. The Kier molecular flexibility index (Phi) is 8.82. The molecule has 15 heteroatoms. The number of carbonyl (C=O) groups is 3. The van der Waals surface area contributed by atoms with Crippen LogP contribution in [-0.2, 0) is 24.6 Å². The standard InChI is InChI=1S/C22H37N7O6S2/c1-12-18-17(13(2)27-16(30)11-23-3)21(31)29(18)19(22(32)33)20(12)36-15-8-14(25-10-15)9-26-37(34,35)28-6-4-24-5-7-28/h12-15,17-18,23-26H,4-11H2,1-3H3,(H,27,30)(H,32,33)/t12-,13?,14+,15+,17-,18-/m1/s1. The zero-order valence-electron chi connectivity index (χ0n) is 21.3. The lowest BCUT2D eigenvalue weighted by atomic mass is 9.78. The summed E-state index contributed by atoms with van der Waals surface area (Å²) in [7, 11) is -1.88. The van der Waals surface area contributed by atoms with Gasteiger partial charge in [0.1, 0.15) is 5.70 Å². The summed E-state index contributed by atoms with van der Waals surface area (Å²) >= 11 is 1.46. The molecule has 208 valence electrons. The number of likely N-dealkylation sites (N-methyl/N-ethyl adjacent to an activating group) is 1. The number of thioether (sulfide) groups is 1. The summed E-state index contributed by atoms with van der Waals surface area (Å²) < 4.78 is 29.3. The molecule has 0 bridgehead atoms. The lowest BCUT2D eigenvalue weighted by Crippen LogP contribution is -2.66. The first-order chi connectivity index (χ1) is 17.5. The number of nitrogens with zero attached hydrogens (tertiary/aromatic N) is 2. The lowest BCUT2D eigenvalue weighted by molar-refractivity contribution is -0.158. The summed E-state index contributed by atoms with van der Waals surface area (Å²) in [6.45, 7) is 6.82. The third kappa shape index (κ3) is 5.82. The van der Waals surface area contributed by atoms with Gasteiger partial charge >= 0.3 is 5.97 Å². The molecule has 6 atom stereocenters. The van der Waals surface area contributed by atoms with E-state index in [1.165, 1.54) is 21.0 Å². The minimum Gasteiger partial charge on any atom is -0.477 e. The first-order valence-corrected chi connectivity index (χ1v) is 15.0. The van der Waals surface area contributed by atoms with Crippen molar-refractivity contribution in [3.63, 3.8) is 0 Å². The van der Waals surface area contributed by atoms with Crippen LogP contribution in [0.25, 0.3) is 0 Å². The van der Waals surface area contributed by atoms with Crippen molar-refractivity contribution in [2.75, 3.05) is 52.9 Å². The van der Waals surface area contributed by atoms with Crippen molar-refractivity contribution in [3.05, 3.63) is 10.6 Å². The van der Waals surface area contributed by atoms with Gasteiger partial charge in [0.05, 0.1) is 18.5 Å². The van der Waals surface area contributed by atoms with Crippen molar-refractivity contribution >= 4 is 39.8 Å². The fraction of sp³-hybridized carbons (Fsp3) is 0.773. The smallest absolute Gasteiger partial charge is 0.353 e. The highest BCUT2D eigenvalue weighted by Gasteiger charge is 2.60. The van der Waals surface area contributed by atoms with Crippen LogP contribution in [0.1, 0.15) is 20.3 Å². The van der Waals surface area contributed by atoms with E-state index in [1.54, 1.807) is 14.0 Å². The number of hydrogen-bond donors (Lipinski definition) is 6. The minimum atomic E-state index is -3.55. The summed E-state index contributed by atoms with van der Waals surface area (Å²) in [5.41, 5.74) is 0.0281. The first-order valence-electron chi connectivity index (χ1n) is 12.6. The molecule has 0 spiro atoms. The van der Waals surface area contributed by atoms with E-state index in [1.807, 2.05) is 6.92 Å². The monoisotopic (exact) mass is 559 g/mol. The van der Waals surface area contributed by atoms with Gasteiger partial charge in [0, 0.05) is 67.4 Å². The van der Waals surface area contributed by atoms with E-state index in [4.69, 9.17) is 0 Å². The molecule has 1 unspecified atom stereocenters. The number of carboxylic acids is 1. The molecule has 3 fully saturated rings. The molecule has 3 saturated heterocycles. The highest BCUT2D eigenvalue weighted by Crippen LogP contribution is 2.51. The van der Waals surface area contributed by atoms with Crippen molar-refractivity contribution in [1.29, 1.82) is 0 Å². The van der Waals surface area contributed by atoms with Crippen LogP contribution in [0.4, 0.5) is 0 Å². The Balaban J connectivity index is 1.36. The molecule has 4 heterocycles. The fourth-order valence-electron chi connectivity index (χ4n) is 5.64. The molecule has 4 rings (SSSR count). The van der Waals surface area contributed by atoms with Gasteiger partial charge in [0.15, 0.2) is 0 Å². The Bertz CT molecular complexity index is 1050. The van der Waals surface area contributed by atoms with Crippen molar-refractivity contribution < 1.29 is 27.9 Å². The zero-order valence-corrected chi connectivity index (χ0v) is 23.0. The zero-order chi connectivity index (χ0) is 26.9. The average Bonchev–Trinajstić information content (AvgIpc) is 3.39. The SMILES string of the molecule is CNCC(=O)NC(C)[C@H]1C(=O)N2C(C(=O)O)=C(S[C@@H]3CN[C@H](CNS(=O)(=O)N4CCNCC4)C3)[C@H](C)[C@H]12. The highest BCUT2D eigenvalue weighted by atomic mass is 32.2. The molecule has 2 amide bonds. The quantitative estimate of drug-likeness (QED) is 0.151. The van der Waals surface area contributed by atoms with Gasteiger partial charge in [0.2, 0.25) is 11.8 Å². The Labute approximate surface area is 221 Å². The molecule has 0 aromatic rings. The van der Waals surface area contributed by atoms with Gasteiger partial charge in [-0.05, 0) is 20.4 Å². The number of hydrogen-bond acceptors (Lipinski definition) is 9. The number of piperazine rings is 1.